The first-order chi connectivity index (χ1) is 4.64. The van der Waals surface area contributed by atoms with Gasteiger partial charge in [-0.15, -0.1) is 0 Å². The normalized spacial score (nSPS) is 32.1. The summed E-state index contributed by atoms with van der Waals surface area (Å²) in [5.74, 6) is 0. The molecule has 0 saturated carbocycles. The molecule has 0 bridgehead atoms. The Hall–Kier alpha value is -0.0800. The first-order valence-electron chi connectivity index (χ1n) is 3.86. The van der Waals surface area contributed by atoms with Crippen LogP contribution in [0, 0.1) is 5.41 Å². The maximum absolute atomic E-state index is 8.80. The quantitative estimate of drug-likeness (QED) is 0.599. The van der Waals surface area contributed by atoms with Gasteiger partial charge < -0.3 is 9.84 Å². The SMILES string of the molecule is CC1(C)CCOC(CO)C1. The van der Waals surface area contributed by atoms with Gasteiger partial charge in [-0.1, -0.05) is 13.8 Å². The Kier molecular flexibility index (Phi) is 2.32. The molecule has 60 valence electrons. The Labute approximate surface area is 62.2 Å². The van der Waals surface area contributed by atoms with E-state index in [2.05, 4.69) is 13.8 Å². The fourth-order valence-corrected chi connectivity index (χ4v) is 1.40. The van der Waals surface area contributed by atoms with Crippen LogP contribution < -0.4 is 0 Å². The van der Waals surface area contributed by atoms with Gasteiger partial charge in [-0.2, -0.15) is 0 Å². The van der Waals surface area contributed by atoms with Crippen molar-refractivity contribution in [2.75, 3.05) is 13.2 Å². The monoisotopic (exact) mass is 144 g/mol. The second-order valence-electron chi connectivity index (χ2n) is 3.79. The molecular formula is C8H16O2. The molecule has 1 atom stereocenters. The van der Waals surface area contributed by atoms with Crippen molar-refractivity contribution in [3.8, 4) is 0 Å². The van der Waals surface area contributed by atoms with Crippen LogP contribution in [0.25, 0.3) is 0 Å². The molecule has 0 radical (unpaired) electrons. The summed E-state index contributed by atoms with van der Waals surface area (Å²) < 4.78 is 5.31. The molecule has 1 heterocycles. The predicted molar refractivity (Wildman–Crippen MR) is 39.8 cm³/mol. The first-order valence-corrected chi connectivity index (χ1v) is 3.86. The minimum Gasteiger partial charge on any atom is -0.394 e. The summed E-state index contributed by atoms with van der Waals surface area (Å²) in [6.07, 6.45) is 2.19. The smallest absolute Gasteiger partial charge is 0.0810 e. The Bertz CT molecular complexity index is 110. The predicted octanol–water partition coefficient (Wildman–Crippen LogP) is 1.18. The molecular weight excluding hydrogens is 128 g/mol. The van der Waals surface area contributed by atoms with Crippen LogP contribution in [0.5, 0.6) is 0 Å². The number of aliphatic hydroxyl groups excluding tert-OH is 1. The highest BCUT2D eigenvalue weighted by molar-refractivity contribution is 4.77. The summed E-state index contributed by atoms with van der Waals surface area (Å²) >= 11 is 0. The molecule has 1 rings (SSSR count). The van der Waals surface area contributed by atoms with E-state index in [0.29, 0.717) is 5.41 Å². The second kappa shape index (κ2) is 2.89. The summed E-state index contributed by atoms with van der Waals surface area (Å²) in [7, 11) is 0. The molecule has 1 saturated heterocycles. The van der Waals surface area contributed by atoms with Crippen molar-refractivity contribution >= 4 is 0 Å². The minimum absolute atomic E-state index is 0.0868. The Morgan fingerprint density at radius 3 is 2.70 bits per heavy atom. The van der Waals surface area contributed by atoms with Crippen LogP contribution in [0.1, 0.15) is 26.7 Å². The number of aliphatic hydroxyl groups is 1. The van der Waals surface area contributed by atoms with Crippen LogP contribution in [-0.2, 0) is 4.74 Å². The third-order valence-corrected chi connectivity index (χ3v) is 2.12. The van der Waals surface area contributed by atoms with E-state index >= 15 is 0 Å². The van der Waals surface area contributed by atoms with E-state index in [4.69, 9.17) is 9.84 Å². The van der Waals surface area contributed by atoms with Gasteiger partial charge >= 0.3 is 0 Å². The van der Waals surface area contributed by atoms with E-state index < -0.39 is 0 Å². The lowest BCUT2D eigenvalue weighted by molar-refractivity contribution is -0.0599. The maximum Gasteiger partial charge on any atom is 0.0810 e. The van der Waals surface area contributed by atoms with E-state index in [0.717, 1.165) is 19.4 Å². The number of rotatable bonds is 1. The lowest BCUT2D eigenvalue weighted by Gasteiger charge is -2.34. The molecule has 1 aliphatic heterocycles. The molecule has 0 aliphatic carbocycles. The average molecular weight is 144 g/mol. The largest absolute Gasteiger partial charge is 0.394 e. The van der Waals surface area contributed by atoms with Crippen molar-refractivity contribution in [1.29, 1.82) is 0 Å². The fraction of sp³-hybridized carbons (Fsp3) is 1.00. The van der Waals surface area contributed by atoms with Gasteiger partial charge in [0.2, 0.25) is 0 Å². The molecule has 0 aromatic carbocycles. The van der Waals surface area contributed by atoms with Gasteiger partial charge in [0, 0.05) is 6.61 Å². The third kappa shape index (κ3) is 1.96. The van der Waals surface area contributed by atoms with Gasteiger partial charge in [0.15, 0.2) is 0 Å². The second-order valence-corrected chi connectivity index (χ2v) is 3.79. The topological polar surface area (TPSA) is 29.5 Å². The van der Waals surface area contributed by atoms with Crippen LogP contribution in [0.15, 0.2) is 0 Å². The van der Waals surface area contributed by atoms with E-state index in [-0.39, 0.29) is 12.7 Å². The van der Waals surface area contributed by atoms with Crippen molar-refractivity contribution in [2.45, 2.75) is 32.8 Å². The van der Waals surface area contributed by atoms with Crippen molar-refractivity contribution in [3.63, 3.8) is 0 Å². The van der Waals surface area contributed by atoms with E-state index in [9.17, 15) is 0 Å². The van der Waals surface area contributed by atoms with Crippen LogP contribution in [0.4, 0.5) is 0 Å². The van der Waals surface area contributed by atoms with Gasteiger partial charge in [0.25, 0.3) is 0 Å². The van der Waals surface area contributed by atoms with E-state index in [1.54, 1.807) is 0 Å². The molecule has 10 heavy (non-hydrogen) atoms. The standard InChI is InChI=1S/C8H16O2/c1-8(2)3-4-10-7(5-8)6-9/h7,9H,3-6H2,1-2H3. The van der Waals surface area contributed by atoms with Crippen LogP contribution in [-0.4, -0.2) is 24.4 Å². The Balaban J connectivity index is 2.40. The number of ether oxygens (including phenoxy) is 1. The molecule has 1 aliphatic rings. The van der Waals surface area contributed by atoms with Crippen molar-refractivity contribution in [3.05, 3.63) is 0 Å². The molecule has 0 aromatic heterocycles. The summed E-state index contributed by atoms with van der Waals surface area (Å²) in [5, 5.41) is 8.80. The zero-order chi connectivity index (χ0) is 7.61. The highest BCUT2D eigenvalue weighted by atomic mass is 16.5. The van der Waals surface area contributed by atoms with Crippen molar-refractivity contribution in [2.24, 2.45) is 5.41 Å². The summed E-state index contributed by atoms with van der Waals surface area (Å²) in [5.41, 5.74) is 0.367. The summed E-state index contributed by atoms with van der Waals surface area (Å²) in [6, 6.07) is 0. The zero-order valence-corrected chi connectivity index (χ0v) is 6.76. The molecule has 1 fully saturated rings. The average Bonchev–Trinajstić information content (AvgIpc) is 1.86. The van der Waals surface area contributed by atoms with Gasteiger partial charge in [-0.05, 0) is 18.3 Å². The van der Waals surface area contributed by atoms with Crippen LogP contribution in [0.2, 0.25) is 0 Å². The van der Waals surface area contributed by atoms with Crippen LogP contribution in [0.3, 0.4) is 0 Å². The minimum atomic E-state index is 0.0868. The highest BCUT2D eigenvalue weighted by Crippen LogP contribution is 2.31. The van der Waals surface area contributed by atoms with Gasteiger partial charge in [-0.25, -0.2) is 0 Å². The number of hydrogen-bond donors (Lipinski definition) is 1. The molecule has 2 heteroatoms. The van der Waals surface area contributed by atoms with Crippen LogP contribution >= 0.6 is 0 Å². The van der Waals surface area contributed by atoms with Crippen molar-refractivity contribution in [1.82, 2.24) is 0 Å². The van der Waals surface area contributed by atoms with Crippen molar-refractivity contribution < 1.29 is 9.84 Å². The van der Waals surface area contributed by atoms with Gasteiger partial charge in [0.1, 0.15) is 0 Å². The summed E-state index contributed by atoms with van der Waals surface area (Å²) in [6.45, 7) is 5.41. The lowest BCUT2D eigenvalue weighted by atomic mass is 9.82. The van der Waals surface area contributed by atoms with E-state index in [1.807, 2.05) is 0 Å². The Morgan fingerprint density at radius 1 is 1.60 bits per heavy atom. The molecule has 1 unspecified atom stereocenters. The lowest BCUT2D eigenvalue weighted by Crippen LogP contribution is -2.33. The molecule has 0 spiro atoms. The summed E-state index contributed by atoms with van der Waals surface area (Å²) in [4.78, 5) is 0. The maximum atomic E-state index is 8.80. The number of hydrogen-bond acceptors (Lipinski definition) is 2. The fourth-order valence-electron chi connectivity index (χ4n) is 1.40. The molecule has 2 nitrogen and oxygen atoms in total. The highest BCUT2D eigenvalue weighted by Gasteiger charge is 2.27. The van der Waals surface area contributed by atoms with Gasteiger partial charge in [0.05, 0.1) is 12.7 Å². The van der Waals surface area contributed by atoms with E-state index in [1.165, 1.54) is 0 Å². The molecule has 1 N–H and O–H groups in total. The molecule has 0 aromatic rings. The molecule has 0 amide bonds. The van der Waals surface area contributed by atoms with Gasteiger partial charge in [-0.3, -0.25) is 0 Å². The first kappa shape index (κ1) is 8.02. The Morgan fingerprint density at radius 2 is 2.30 bits per heavy atom. The third-order valence-electron chi connectivity index (χ3n) is 2.12. The zero-order valence-electron chi connectivity index (χ0n) is 6.76.